The molecule has 16 heavy (non-hydrogen) atoms. The molecule has 0 heterocycles. The smallest absolute Gasteiger partial charge is 0.211 e. The van der Waals surface area contributed by atoms with E-state index < -0.39 is 17.8 Å². The molecule has 0 aliphatic rings. The highest BCUT2D eigenvalue weighted by Crippen LogP contribution is 2.35. The minimum atomic E-state index is -4.58. The Morgan fingerprint density at radius 2 is 1.94 bits per heavy atom. The van der Waals surface area contributed by atoms with Gasteiger partial charge < -0.3 is 0 Å². The molecular formula is C10H5F3N2O. The van der Waals surface area contributed by atoms with Crippen molar-refractivity contribution in [2.24, 2.45) is 4.99 Å². The Morgan fingerprint density at radius 1 is 1.31 bits per heavy atom. The minimum Gasteiger partial charge on any atom is -0.211 e. The van der Waals surface area contributed by atoms with Crippen molar-refractivity contribution in [3.05, 3.63) is 35.4 Å². The second kappa shape index (κ2) is 4.60. The SMILES string of the molecule is N#CC(N=C=O)c1ccccc1C(F)(F)F. The summed E-state index contributed by atoms with van der Waals surface area (Å²) in [5.41, 5.74) is -1.32. The van der Waals surface area contributed by atoms with E-state index >= 15 is 0 Å². The molecule has 0 N–H and O–H groups in total. The molecule has 1 unspecified atom stereocenters. The fourth-order valence-corrected chi connectivity index (χ4v) is 1.21. The summed E-state index contributed by atoms with van der Waals surface area (Å²) in [5.74, 6) is 0. The van der Waals surface area contributed by atoms with Gasteiger partial charge in [-0.05, 0) is 6.07 Å². The normalized spacial score (nSPS) is 12.4. The molecule has 0 saturated carbocycles. The summed E-state index contributed by atoms with van der Waals surface area (Å²) in [6.45, 7) is 0. The van der Waals surface area contributed by atoms with Gasteiger partial charge in [0, 0.05) is 5.56 Å². The molecule has 0 aromatic heterocycles. The van der Waals surface area contributed by atoms with Crippen LogP contribution in [-0.4, -0.2) is 6.08 Å². The van der Waals surface area contributed by atoms with Crippen molar-refractivity contribution in [1.82, 2.24) is 0 Å². The van der Waals surface area contributed by atoms with Gasteiger partial charge in [0.05, 0.1) is 11.6 Å². The van der Waals surface area contributed by atoms with Crippen molar-refractivity contribution in [1.29, 1.82) is 5.26 Å². The highest BCUT2D eigenvalue weighted by molar-refractivity contribution is 5.41. The van der Waals surface area contributed by atoms with Crippen LogP contribution in [0.2, 0.25) is 0 Å². The van der Waals surface area contributed by atoms with Crippen molar-refractivity contribution in [2.45, 2.75) is 12.2 Å². The number of rotatable bonds is 2. The van der Waals surface area contributed by atoms with Gasteiger partial charge in [0.1, 0.15) is 0 Å². The Balaban J connectivity index is 3.34. The monoisotopic (exact) mass is 226 g/mol. The van der Waals surface area contributed by atoms with Crippen LogP contribution in [0, 0.1) is 11.3 Å². The second-order valence-corrected chi connectivity index (χ2v) is 2.84. The summed E-state index contributed by atoms with van der Waals surface area (Å²) < 4.78 is 37.6. The van der Waals surface area contributed by atoms with Gasteiger partial charge in [-0.15, -0.1) is 0 Å². The van der Waals surface area contributed by atoms with E-state index in [4.69, 9.17) is 5.26 Å². The molecule has 1 rings (SSSR count). The molecule has 1 atom stereocenters. The van der Waals surface area contributed by atoms with Crippen molar-refractivity contribution in [3.8, 4) is 6.07 Å². The molecule has 1 aromatic carbocycles. The van der Waals surface area contributed by atoms with E-state index in [0.29, 0.717) is 0 Å². The largest absolute Gasteiger partial charge is 0.416 e. The molecule has 6 heteroatoms. The number of benzene rings is 1. The molecule has 0 spiro atoms. The van der Waals surface area contributed by atoms with Crippen LogP contribution in [0.3, 0.4) is 0 Å². The Hall–Kier alpha value is -2.12. The van der Waals surface area contributed by atoms with E-state index in [-0.39, 0.29) is 5.56 Å². The number of carbonyl (C=O) groups excluding carboxylic acids is 1. The zero-order valence-electron chi connectivity index (χ0n) is 7.82. The number of hydrogen-bond donors (Lipinski definition) is 0. The molecule has 0 saturated heterocycles. The molecule has 82 valence electrons. The van der Waals surface area contributed by atoms with Crippen LogP contribution in [0.1, 0.15) is 17.2 Å². The minimum absolute atomic E-state index is 0.346. The molecule has 0 radical (unpaired) electrons. The van der Waals surface area contributed by atoms with Gasteiger partial charge >= 0.3 is 6.18 Å². The number of nitriles is 1. The van der Waals surface area contributed by atoms with Gasteiger partial charge in [-0.25, -0.2) is 4.79 Å². The Labute approximate surface area is 88.8 Å². The van der Waals surface area contributed by atoms with E-state index in [1.165, 1.54) is 18.2 Å². The van der Waals surface area contributed by atoms with Gasteiger partial charge in [0.2, 0.25) is 6.08 Å². The average molecular weight is 226 g/mol. The highest BCUT2D eigenvalue weighted by atomic mass is 19.4. The zero-order valence-corrected chi connectivity index (χ0v) is 7.82. The summed E-state index contributed by atoms with van der Waals surface area (Å²) in [4.78, 5) is 13.0. The van der Waals surface area contributed by atoms with Gasteiger partial charge in [-0.2, -0.15) is 23.4 Å². The molecule has 0 amide bonds. The summed E-state index contributed by atoms with van der Waals surface area (Å²) >= 11 is 0. The highest BCUT2D eigenvalue weighted by Gasteiger charge is 2.34. The lowest BCUT2D eigenvalue weighted by atomic mass is 10.0. The molecule has 3 nitrogen and oxygen atoms in total. The first-order chi connectivity index (χ1) is 7.50. The van der Waals surface area contributed by atoms with E-state index in [0.717, 1.165) is 18.2 Å². The third-order valence-corrected chi connectivity index (χ3v) is 1.86. The summed E-state index contributed by atoms with van der Waals surface area (Å²) in [7, 11) is 0. The molecule has 0 bridgehead atoms. The summed E-state index contributed by atoms with van der Waals surface area (Å²) in [6.07, 6.45) is -3.50. The van der Waals surface area contributed by atoms with Crippen molar-refractivity contribution < 1.29 is 18.0 Å². The van der Waals surface area contributed by atoms with Gasteiger partial charge in [0.15, 0.2) is 6.04 Å². The van der Waals surface area contributed by atoms with Gasteiger partial charge in [0.25, 0.3) is 0 Å². The lowest BCUT2D eigenvalue weighted by Gasteiger charge is -2.12. The topological polar surface area (TPSA) is 53.2 Å². The van der Waals surface area contributed by atoms with E-state index in [9.17, 15) is 18.0 Å². The third-order valence-electron chi connectivity index (χ3n) is 1.86. The van der Waals surface area contributed by atoms with Crippen molar-refractivity contribution >= 4 is 6.08 Å². The first kappa shape index (κ1) is 12.0. The fourth-order valence-electron chi connectivity index (χ4n) is 1.21. The molecule has 1 aromatic rings. The first-order valence-electron chi connectivity index (χ1n) is 4.13. The lowest BCUT2D eigenvalue weighted by Crippen LogP contribution is -2.10. The number of halogens is 3. The van der Waals surface area contributed by atoms with Crippen LogP contribution in [0.4, 0.5) is 13.2 Å². The number of nitrogens with zero attached hydrogens (tertiary/aromatic N) is 2. The predicted molar refractivity (Wildman–Crippen MR) is 47.9 cm³/mol. The van der Waals surface area contributed by atoms with Crippen LogP contribution < -0.4 is 0 Å². The second-order valence-electron chi connectivity index (χ2n) is 2.84. The quantitative estimate of drug-likeness (QED) is 0.574. The number of alkyl halides is 3. The lowest BCUT2D eigenvalue weighted by molar-refractivity contribution is -0.138. The van der Waals surface area contributed by atoms with Gasteiger partial charge in [-0.1, -0.05) is 18.2 Å². The van der Waals surface area contributed by atoms with Gasteiger partial charge in [-0.3, -0.25) is 0 Å². The maximum absolute atomic E-state index is 12.5. The number of isocyanates is 1. The van der Waals surface area contributed by atoms with Crippen molar-refractivity contribution in [3.63, 3.8) is 0 Å². The average Bonchev–Trinajstić information content (AvgIpc) is 2.25. The van der Waals surface area contributed by atoms with E-state index in [1.807, 2.05) is 0 Å². The molecule has 0 aliphatic heterocycles. The zero-order chi connectivity index (χ0) is 12.2. The first-order valence-corrected chi connectivity index (χ1v) is 4.13. The number of hydrogen-bond acceptors (Lipinski definition) is 3. The Morgan fingerprint density at radius 3 is 2.44 bits per heavy atom. The van der Waals surface area contributed by atoms with Crippen LogP contribution in [-0.2, 0) is 11.0 Å². The standard InChI is InChI=1S/C10H5F3N2O/c11-10(12,13)8-4-2-1-3-7(8)9(5-14)15-6-16/h1-4,9H. The van der Waals surface area contributed by atoms with Crippen LogP contribution in [0.25, 0.3) is 0 Å². The maximum Gasteiger partial charge on any atom is 0.416 e. The van der Waals surface area contributed by atoms with Crippen LogP contribution in [0.5, 0.6) is 0 Å². The Kier molecular flexibility index (Phi) is 3.44. The van der Waals surface area contributed by atoms with Crippen LogP contribution in [0.15, 0.2) is 29.3 Å². The number of aliphatic imine (C=N–C) groups is 1. The molecule has 0 fully saturated rings. The Bertz CT molecular complexity index is 470. The molecule has 0 aliphatic carbocycles. The van der Waals surface area contributed by atoms with Crippen LogP contribution >= 0.6 is 0 Å². The molecular weight excluding hydrogens is 221 g/mol. The van der Waals surface area contributed by atoms with Crippen molar-refractivity contribution in [2.75, 3.05) is 0 Å². The summed E-state index contributed by atoms with van der Waals surface area (Å²) in [6, 6.07) is 4.51. The fraction of sp³-hybridized carbons (Fsp3) is 0.200. The summed E-state index contributed by atoms with van der Waals surface area (Å²) in [5, 5.41) is 8.61. The predicted octanol–water partition coefficient (Wildman–Crippen LogP) is 2.61. The van der Waals surface area contributed by atoms with E-state index in [2.05, 4.69) is 4.99 Å². The van der Waals surface area contributed by atoms with E-state index in [1.54, 1.807) is 0 Å². The third kappa shape index (κ3) is 2.47. The maximum atomic E-state index is 12.5.